The number of amides is 2. The molecule has 0 bridgehead atoms. The Morgan fingerprint density at radius 3 is 2.61 bits per heavy atom. The van der Waals surface area contributed by atoms with Crippen LogP contribution in [0.1, 0.15) is 26.7 Å². The topological polar surface area (TPSA) is 44.8 Å². The maximum Gasteiger partial charge on any atom is 0.317 e. The van der Waals surface area contributed by atoms with Crippen molar-refractivity contribution in [2.24, 2.45) is 0 Å². The number of hydrogen-bond donors (Lipinski definition) is 1. The SMILES string of the molecule is CC(C)N(C)CCCCNC(=O)N1CCOCC1. The molecule has 106 valence electrons. The van der Waals surface area contributed by atoms with E-state index < -0.39 is 0 Å². The van der Waals surface area contributed by atoms with Crippen LogP contribution in [0.15, 0.2) is 0 Å². The van der Waals surface area contributed by atoms with Crippen LogP contribution < -0.4 is 5.32 Å². The monoisotopic (exact) mass is 257 g/mol. The first kappa shape index (κ1) is 15.2. The zero-order valence-corrected chi connectivity index (χ0v) is 11.9. The average molecular weight is 257 g/mol. The first-order valence-electron chi connectivity index (χ1n) is 6.92. The van der Waals surface area contributed by atoms with Crippen molar-refractivity contribution in [1.29, 1.82) is 0 Å². The molecule has 1 N–H and O–H groups in total. The summed E-state index contributed by atoms with van der Waals surface area (Å²) in [6, 6.07) is 0.642. The smallest absolute Gasteiger partial charge is 0.317 e. The van der Waals surface area contributed by atoms with Gasteiger partial charge in [0.1, 0.15) is 0 Å². The Morgan fingerprint density at radius 1 is 1.33 bits per heavy atom. The van der Waals surface area contributed by atoms with Gasteiger partial charge in [0.2, 0.25) is 0 Å². The van der Waals surface area contributed by atoms with Gasteiger partial charge in [0.05, 0.1) is 13.2 Å². The molecule has 0 saturated carbocycles. The number of hydrogen-bond acceptors (Lipinski definition) is 3. The van der Waals surface area contributed by atoms with Crippen LogP contribution >= 0.6 is 0 Å². The lowest BCUT2D eigenvalue weighted by atomic mass is 10.2. The van der Waals surface area contributed by atoms with E-state index in [9.17, 15) is 4.79 Å². The number of nitrogens with one attached hydrogen (secondary N) is 1. The Morgan fingerprint density at radius 2 is 2.00 bits per heavy atom. The molecule has 0 aromatic rings. The van der Waals surface area contributed by atoms with Gasteiger partial charge in [-0.3, -0.25) is 0 Å². The fourth-order valence-corrected chi connectivity index (χ4v) is 1.82. The molecular weight excluding hydrogens is 230 g/mol. The number of carbonyl (C=O) groups excluding carboxylic acids is 1. The number of unbranched alkanes of at least 4 members (excludes halogenated alkanes) is 1. The van der Waals surface area contributed by atoms with Gasteiger partial charge < -0.3 is 19.9 Å². The third-order valence-electron chi connectivity index (χ3n) is 3.39. The van der Waals surface area contributed by atoms with Crippen LogP contribution in [0.25, 0.3) is 0 Å². The second-order valence-electron chi connectivity index (χ2n) is 5.11. The molecule has 5 heteroatoms. The van der Waals surface area contributed by atoms with Gasteiger partial charge in [-0.15, -0.1) is 0 Å². The van der Waals surface area contributed by atoms with E-state index in [-0.39, 0.29) is 6.03 Å². The number of ether oxygens (including phenoxy) is 1. The summed E-state index contributed by atoms with van der Waals surface area (Å²) in [5.74, 6) is 0. The summed E-state index contributed by atoms with van der Waals surface area (Å²) >= 11 is 0. The van der Waals surface area contributed by atoms with Gasteiger partial charge in [-0.1, -0.05) is 0 Å². The summed E-state index contributed by atoms with van der Waals surface area (Å²) in [4.78, 5) is 15.9. The zero-order valence-electron chi connectivity index (χ0n) is 11.9. The van der Waals surface area contributed by atoms with Crippen LogP contribution in [0.5, 0.6) is 0 Å². The van der Waals surface area contributed by atoms with Gasteiger partial charge in [0.15, 0.2) is 0 Å². The second kappa shape index (κ2) is 8.32. The van der Waals surface area contributed by atoms with Crippen molar-refractivity contribution >= 4 is 6.03 Å². The lowest BCUT2D eigenvalue weighted by Crippen LogP contribution is -2.46. The fourth-order valence-electron chi connectivity index (χ4n) is 1.82. The van der Waals surface area contributed by atoms with Crippen LogP contribution in [0.3, 0.4) is 0 Å². The number of carbonyl (C=O) groups is 1. The normalized spacial score (nSPS) is 16.4. The number of rotatable bonds is 6. The van der Waals surface area contributed by atoms with Gasteiger partial charge >= 0.3 is 6.03 Å². The minimum Gasteiger partial charge on any atom is -0.378 e. The van der Waals surface area contributed by atoms with Crippen LogP contribution in [0.2, 0.25) is 0 Å². The predicted molar refractivity (Wildman–Crippen MR) is 72.8 cm³/mol. The quantitative estimate of drug-likeness (QED) is 0.726. The molecule has 0 aliphatic carbocycles. The molecule has 0 atom stereocenters. The summed E-state index contributed by atoms with van der Waals surface area (Å²) in [5, 5.41) is 2.97. The first-order chi connectivity index (χ1) is 8.61. The fraction of sp³-hybridized carbons (Fsp3) is 0.923. The van der Waals surface area contributed by atoms with E-state index in [4.69, 9.17) is 4.74 Å². The third kappa shape index (κ3) is 5.69. The molecule has 1 rings (SSSR count). The number of urea groups is 1. The second-order valence-corrected chi connectivity index (χ2v) is 5.11. The highest BCUT2D eigenvalue weighted by Gasteiger charge is 2.15. The molecule has 0 aromatic carbocycles. The van der Waals surface area contributed by atoms with E-state index in [1.54, 1.807) is 0 Å². The van der Waals surface area contributed by atoms with Crippen molar-refractivity contribution < 1.29 is 9.53 Å². The summed E-state index contributed by atoms with van der Waals surface area (Å²) in [7, 11) is 2.14. The standard InChI is InChI=1S/C13H27N3O2/c1-12(2)15(3)7-5-4-6-14-13(17)16-8-10-18-11-9-16/h12H,4-11H2,1-3H3,(H,14,17). The Balaban J connectivity index is 2.01. The number of nitrogens with zero attached hydrogens (tertiary/aromatic N) is 2. The Labute approximate surface area is 110 Å². The van der Waals surface area contributed by atoms with Crippen molar-refractivity contribution in [1.82, 2.24) is 15.1 Å². The average Bonchev–Trinajstić information content (AvgIpc) is 2.38. The molecule has 0 spiro atoms. The van der Waals surface area contributed by atoms with Gasteiger partial charge in [-0.25, -0.2) is 4.79 Å². The molecule has 1 fully saturated rings. The van der Waals surface area contributed by atoms with Gasteiger partial charge in [0, 0.05) is 25.7 Å². The van der Waals surface area contributed by atoms with Gasteiger partial charge in [-0.2, -0.15) is 0 Å². The molecule has 0 aromatic heterocycles. The minimum absolute atomic E-state index is 0.0514. The van der Waals surface area contributed by atoms with Crippen molar-refractivity contribution in [2.45, 2.75) is 32.7 Å². The minimum atomic E-state index is 0.0514. The summed E-state index contributed by atoms with van der Waals surface area (Å²) < 4.78 is 5.21. The van der Waals surface area contributed by atoms with Crippen LogP contribution in [-0.4, -0.2) is 68.3 Å². The molecular formula is C13H27N3O2. The van der Waals surface area contributed by atoms with Crippen LogP contribution in [0.4, 0.5) is 4.79 Å². The van der Waals surface area contributed by atoms with E-state index in [1.807, 2.05) is 4.90 Å². The van der Waals surface area contributed by atoms with Crippen LogP contribution in [-0.2, 0) is 4.74 Å². The summed E-state index contributed by atoms with van der Waals surface area (Å²) in [5.41, 5.74) is 0. The molecule has 5 nitrogen and oxygen atoms in total. The maximum atomic E-state index is 11.8. The summed E-state index contributed by atoms with van der Waals surface area (Å²) in [6.07, 6.45) is 2.16. The Kier molecular flexibility index (Phi) is 7.05. The molecule has 2 amide bonds. The van der Waals surface area contributed by atoms with Crippen molar-refractivity contribution in [3.05, 3.63) is 0 Å². The lowest BCUT2D eigenvalue weighted by Gasteiger charge is -2.27. The van der Waals surface area contributed by atoms with E-state index in [1.165, 1.54) is 0 Å². The first-order valence-corrected chi connectivity index (χ1v) is 6.92. The van der Waals surface area contributed by atoms with E-state index in [0.29, 0.717) is 32.3 Å². The van der Waals surface area contributed by atoms with Crippen molar-refractivity contribution in [3.63, 3.8) is 0 Å². The summed E-state index contributed by atoms with van der Waals surface area (Å²) in [6.45, 7) is 8.98. The predicted octanol–water partition coefficient (Wildman–Crippen LogP) is 1.15. The highest BCUT2D eigenvalue weighted by atomic mass is 16.5. The maximum absolute atomic E-state index is 11.8. The highest BCUT2D eigenvalue weighted by Crippen LogP contribution is 1.99. The van der Waals surface area contributed by atoms with E-state index in [0.717, 1.165) is 25.9 Å². The molecule has 0 radical (unpaired) electrons. The Bertz CT molecular complexity index is 240. The van der Waals surface area contributed by atoms with Gasteiger partial charge in [0.25, 0.3) is 0 Å². The third-order valence-corrected chi connectivity index (χ3v) is 3.39. The zero-order chi connectivity index (χ0) is 13.4. The molecule has 1 saturated heterocycles. The molecule has 1 aliphatic rings. The van der Waals surface area contributed by atoms with E-state index >= 15 is 0 Å². The molecule has 18 heavy (non-hydrogen) atoms. The van der Waals surface area contributed by atoms with Crippen molar-refractivity contribution in [2.75, 3.05) is 46.4 Å². The number of morpholine rings is 1. The van der Waals surface area contributed by atoms with Crippen molar-refractivity contribution in [3.8, 4) is 0 Å². The van der Waals surface area contributed by atoms with E-state index in [2.05, 4.69) is 31.1 Å². The largest absolute Gasteiger partial charge is 0.378 e. The molecule has 1 aliphatic heterocycles. The Hall–Kier alpha value is -0.810. The van der Waals surface area contributed by atoms with Crippen LogP contribution in [0, 0.1) is 0 Å². The lowest BCUT2D eigenvalue weighted by molar-refractivity contribution is 0.0532. The molecule has 0 unspecified atom stereocenters. The molecule has 1 heterocycles. The highest BCUT2D eigenvalue weighted by molar-refractivity contribution is 5.74. The van der Waals surface area contributed by atoms with Gasteiger partial charge in [-0.05, 0) is 40.3 Å².